The number of amides is 1. The molecule has 1 aromatic heterocycles. The maximum atomic E-state index is 12.9. The molecule has 4 rings (SSSR count). The fraction of sp³-hybridized carbons (Fsp3) is 0.643. The average molecular weight is 258 g/mol. The van der Waals surface area contributed by atoms with E-state index in [-0.39, 0.29) is 17.3 Å². The number of fused-ring (bicyclic) bond motifs is 2. The molecular weight excluding hydrogens is 240 g/mol. The van der Waals surface area contributed by atoms with Crippen LogP contribution in [0.4, 0.5) is 11.8 Å². The highest BCUT2D eigenvalue weighted by Crippen LogP contribution is 2.51. The van der Waals surface area contributed by atoms with Crippen molar-refractivity contribution in [1.29, 1.82) is 0 Å². The van der Waals surface area contributed by atoms with Gasteiger partial charge in [-0.2, -0.15) is 4.98 Å². The number of anilines is 2. The Morgan fingerprint density at radius 3 is 2.79 bits per heavy atom. The van der Waals surface area contributed by atoms with Crippen LogP contribution >= 0.6 is 0 Å². The van der Waals surface area contributed by atoms with E-state index >= 15 is 0 Å². The number of hydrogen-bond acceptors (Lipinski definition) is 4. The summed E-state index contributed by atoms with van der Waals surface area (Å²) in [5.41, 5.74) is 6.39. The lowest BCUT2D eigenvalue weighted by atomic mass is 9.81. The number of aromatic nitrogens is 2. The Balaban J connectivity index is 1.82. The summed E-state index contributed by atoms with van der Waals surface area (Å²) < 4.78 is 0. The van der Waals surface area contributed by atoms with E-state index in [1.165, 1.54) is 12.8 Å². The van der Waals surface area contributed by atoms with E-state index in [1.54, 1.807) is 6.20 Å². The van der Waals surface area contributed by atoms with E-state index in [0.717, 1.165) is 43.6 Å². The number of nitrogens with zero attached hydrogens (tertiary/aromatic N) is 3. The van der Waals surface area contributed by atoms with Crippen molar-refractivity contribution in [3.05, 3.63) is 11.8 Å². The molecule has 1 amide bonds. The minimum Gasteiger partial charge on any atom is -0.368 e. The van der Waals surface area contributed by atoms with Crippen molar-refractivity contribution < 1.29 is 4.79 Å². The van der Waals surface area contributed by atoms with Crippen LogP contribution in [0.3, 0.4) is 0 Å². The molecule has 2 fully saturated rings. The lowest BCUT2D eigenvalue weighted by Crippen LogP contribution is -2.39. The van der Waals surface area contributed by atoms with Crippen molar-refractivity contribution >= 4 is 17.7 Å². The molecule has 0 radical (unpaired) electrons. The summed E-state index contributed by atoms with van der Waals surface area (Å²) in [4.78, 5) is 23.2. The molecule has 0 unspecified atom stereocenters. The van der Waals surface area contributed by atoms with Crippen molar-refractivity contribution in [2.45, 2.75) is 43.9 Å². The van der Waals surface area contributed by atoms with Gasteiger partial charge in [0.05, 0.1) is 5.41 Å². The maximum Gasteiger partial charge on any atom is 0.239 e. The summed E-state index contributed by atoms with van der Waals surface area (Å²) in [7, 11) is 0. The van der Waals surface area contributed by atoms with Crippen LogP contribution in [0.5, 0.6) is 0 Å². The molecule has 2 saturated carbocycles. The highest BCUT2D eigenvalue weighted by atomic mass is 16.2. The molecule has 2 aliphatic carbocycles. The first kappa shape index (κ1) is 11.2. The molecule has 5 heteroatoms. The van der Waals surface area contributed by atoms with Gasteiger partial charge in [-0.1, -0.05) is 12.8 Å². The lowest BCUT2D eigenvalue weighted by molar-refractivity contribution is -0.123. The fourth-order valence-electron chi connectivity index (χ4n) is 3.59. The largest absolute Gasteiger partial charge is 0.368 e. The van der Waals surface area contributed by atoms with Gasteiger partial charge in [0.15, 0.2) is 0 Å². The second-order valence-electron chi connectivity index (χ2n) is 6.11. The van der Waals surface area contributed by atoms with Crippen LogP contribution < -0.4 is 10.6 Å². The molecule has 1 aromatic rings. The van der Waals surface area contributed by atoms with Gasteiger partial charge < -0.3 is 5.73 Å². The normalized spacial score (nSPS) is 24.2. The number of carbonyl (C=O) groups excluding carboxylic acids is 1. The van der Waals surface area contributed by atoms with Crippen LogP contribution in [-0.4, -0.2) is 22.4 Å². The van der Waals surface area contributed by atoms with Gasteiger partial charge in [-0.25, -0.2) is 4.98 Å². The molecular formula is C14H18N4O. The number of hydrogen-bond donors (Lipinski definition) is 1. The molecule has 0 aromatic carbocycles. The van der Waals surface area contributed by atoms with Crippen LogP contribution in [-0.2, 0) is 10.2 Å². The zero-order valence-electron chi connectivity index (χ0n) is 10.9. The van der Waals surface area contributed by atoms with Crippen LogP contribution in [0.1, 0.15) is 44.1 Å². The van der Waals surface area contributed by atoms with Crippen molar-refractivity contribution in [3.8, 4) is 0 Å². The molecule has 0 bridgehead atoms. The quantitative estimate of drug-likeness (QED) is 0.875. The van der Waals surface area contributed by atoms with Gasteiger partial charge in [0.1, 0.15) is 5.82 Å². The Hall–Kier alpha value is -1.65. The predicted octanol–water partition coefficient (Wildman–Crippen LogP) is 1.63. The monoisotopic (exact) mass is 258 g/mol. The minimum atomic E-state index is -0.335. The summed E-state index contributed by atoms with van der Waals surface area (Å²) in [6.45, 7) is 0.810. The minimum absolute atomic E-state index is 0.242. The Morgan fingerprint density at radius 2 is 2.11 bits per heavy atom. The van der Waals surface area contributed by atoms with E-state index in [1.807, 2.05) is 4.90 Å². The third kappa shape index (κ3) is 1.50. The lowest BCUT2D eigenvalue weighted by Gasteiger charge is -2.22. The third-order valence-corrected chi connectivity index (χ3v) is 4.81. The third-order valence-electron chi connectivity index (χ3n) is 4.81. The van der Waals surface area contributed by atoms with Gasteiger partial charge in [-0.15, -0.1) is 0 Å². The van der Waals surface area contributed by atoms with Gasteiger partial charge in [-0.05, 0) is 31.6 Å². The summed E-state index contributed by atoms with van der Waals surface area (Å²) in [6, 6.07) is 0. The molecule has 0 atom stereocenters. The Morgan fingerprint density at radius 1 is 1.37 bits per heavy atom. The Labute approximate surface area is 112 Å². The maximum absolute atomic E-state index is 12.9. The molecule has 2 heterocycles. The first-order valence-corrected chi connectivity index (χ1v) is 7.16. The predicted molar refractivity (Wildman–Crippen MR) is 71.7 cm³/mol. The molecule has 1 aliphatic heterocycles. The van der Waals surface area contributed by atoms with Crippen LogP contribution in [0, 0.1) is 5.92 Å². The molecule has 2 N–H and O–H groups in total. The molecule has 5 nitrogen and oxygen atoms in total. The van der Waals surface area contributed by atoms with Crippen molar-refractivity contribution in [1.82, 2.24) is 9.97 Å². The first-order chi connectivity index (χ1) is 9.21. The zero-order chi connectivity index (χ0) is 13.0. The summed E-state index contributed by atoms with van der Waals surface area (Å²) in [6.07, 6.45) is 8.35. The van der Waals surface area contributed by atoms with Gasteiger partial charge in [0.2, 0.25) is 11.9 Å². The number of carbonyl (C=O) groups is 1. The SMILES string of the molecule is Nc1ncc2c(n1)N(CC1CC1)C(=O)C21CCCC1. The molecule has 0 saturated heterocycles. The summed E-state index contributed by atoms with van der Waals surface area (Å²) >= 11 is 0. The molecule has 3 aliphatic rings. The van der Waals surface area contributed by atoms with Gasteiger partial charge in [0, 0.05) is 18.3 Å². The van der Waals surface area contributed by atoms with Crippen molar-refractivity contribution in [2.75, 3.05) is 17.2 Å². The topological polar surface area (TPSA) is 72.1 Å². The van der Waals surface area contributed by atoms with Crippen LogP contribution in [0.25, 0.3) is 0 Å². The number of rotatable bonds is 2. The Kier molecular flexibility index (Phi) is 2.17. The second-order valence-corrected chi connectivity index (χ2v) is 6.11. The van der Waals surface area contributed by atoms with E-state index < -0.39 is 0 Å². The average Bonchev–Trinajstić information content (AvgIpc) is 3.04. The first-order valence-electron chi connectivity index (χ1n) is 7.16. The van der Waals surface area contributed by atoms with Gasteiger partial charge in [0.25, 0.3) is 0 Å². The van der Waals surface area contributed by atoms with Gasteiger partial charge in [-0.3, -0.25) is 9.69 Å². The second kappa shape index (κ2) is 3.68. The molecule has 1 spiro atoms. The van der Waals surface area contributed by atoms with E-state index in [0.29, 0.717) is 5.92 Å². The van der Waals surface area contributed by atoms with Crippen LogP contribution in [0.2, 0.25) is 0 Å². The smallest absolute Gasteiger partial charge is 0.239 e. The number of nitrogens with two attached hydrogens (primary N) is 1. The number of nitrogen functional groups attached to an aromatic ring is 1. The fourth-order valence-corrected chi connectivity index (χ4v) is 3.59. The molecule has 19 heavy (non-hydrogen) atoms. The van der Waals surface area contributed by atoms with Gasteiger partial charge >= 0.3 is 0 Å². The summed E-state index contributed by atoms with van der Waals surface area (Å²) in [5, 5.41) is 0. The zero-order valence-corrected chi connectivity index (χ0v) is 10.9. The van der Waals surface area contributed by atoms with E-state index in [4.69, 9.17) is 5.73 Å². The highest BCUT2D eigenvalue weighted by Gasteiger charge is 2.53. The van der Waals surface area contributed by atoms with Crippen molar-refractivity contribution in [3.63, 3.8) is 0 Å². The van der Waals surface area contributed by atoms with E-state index in [9.17, 15) is 4.79 Å². The summed E-state index contributed by atoms with van der Waals surface area (Å²) in [5.74, 6) is 1.95. The standard InChI is InChI=1S/C14H18N4O/c15-13-16-7-10-11(17-13)18(8-9-3-4-9)12(19)14(10)5-1-2-6-14/h7,9H,1-6,8H2,(H2,15,16,17). The van der Waals surface area contributed by atoms with Crippen LogP contribution in [0.15, 0.2) is 6.20 Å². The highest BCUT2D eigenvalue weighted by molar-refractivity contribution is 6.07. The van der Waals surface area contributed by atoms with Crippen molar-refractivity contribution in [2.24, 2.45) is 5.92 Å². The van der Waals surface area contributed by atoms with E-state index in [2.05, 4.69) is 9.97 Å². The molecule has 100 valence electrons. The Bertz CT molecular complexity index is 546.